The molecule has 0 aliphatic heterocycles. The number of nitrogens with one attached hydrogen (secondary N) is 2. The van der Waals surface area contributed by atoms with E-state index in [1.54, 1.807) is 18.4 Å². The maximum Gasteiger partial charge on any atom is 0.276 e. The van der Waals surface area contributed by atoms with Gasteiger partial charge in [-0.25, -0.2) is 4.98 Å². The van der Waals surface area contributed by atoms with Crippen LogP contribution in [-0.2, 0) is 6.54 Å². The van der Waals surface area contributed by atoms with E-state index >= 15 is 0 Å². The van der Waals surface area contributed by atoms with Gasteiger partial charge < -0.3 is 10.6 Å². The highest BCUT2D eigenvalue weighted by atomic mass is 79.9. The summed E-state index contributed by atoms with van der Waals surface area (Å²) in [4.78, 5) is 15.7. The largest absolute Gasteiger partial charge is 0.373 e. The lowest BCUT2D eigenvalue weighted by atomic mass is 10.3. The van der Waals surface area contributed by atoms with E-state index in [0.29, 0.717) is 18.2 Å². The Labute approximate surface area is 122 Å². The molecule has 0 amide bonds. The quantitative estimate of drug-likeness (QED) is 0.642. The molecular weight excluding hydrogens is 332 g/mol. The number of pyridine rings is 1. The van der Waals surface area contributed by atoms with Crippen molar-refractivity contribution in [3.8, 4) is 0 Å². The van der Waals surface area contributed by atoms with E-state index < -0.39 is 4.92 Å². The fourth-order valence-electron chi connectivity index (χ4n) is 1.46. The molecule has 0 bridgehead atoms. The lowest BCUT2D eigenvalue weighted by Crippen LogP contribution is -2.03. The second-order valence-corrected chi connectivity index (χ2v) is 5.60. The molecule has 0 fully saturated rings. The van der Waals surface area contributed by atoms with E-state index in [1.165, 1.54) is 12.1 Å². The standard InChI is InChI=1S/C11H11BrN4O2S/c1-13-10-3-8(16(17)18)4-11(15-10)14-5-9-2-7(12)6-19-9/h2-4,6H,5H2,1H3,(H2,13,14,15). The number of hydrogen-bond acceptors (Lipinski definition) is 6. The Kier molecular flexibility index (Phi) is 4.33. The van der Waals surface area contributed by atoms with Crippen LogP contribution in [0.1, 0.15) is 4.88 Å². The third kappa shape index (κ3) is 3.65. The molecule has 0 saturated carbocycles. The van der Waals surface area contributed by atoms with Crippen molar-refractivity contribution in [2.24, 2.45) is 0 Å². The molecule has 100 valence electrons. The first kappa shape index (κ1) is 13.8. The molecule has 0 aliphatic rings. The Morgan fingerprint density at radius 1 is 1.42 bits per heavy atom. The molecule has 2 aromatic heterocycles. The lowest BCUT2D eigenvalue weighted by molar-refractivity contribution is -0.384. The molecule has 2 aromatic rings. The minimum Gasteiger partial charge on any atom is -0.373 e. The predicted octanol–water partition coefficient (Wildman–Crippen LogP) is 3.47. The van der Waals surface area contributed by atoms with Gasteiger partial charge >= 0.3 is 0 Å². The number of halogens is 1. The van der Waals surface area contributed by atoms with Gasteiger partial charge in [-0.2, -0.15) is 0 Å². The fraction of sp³-hybridized carbons (Fsp3) is 0.182. The van der Waals surface area contributed by atoms with Crippen LogP contribution >= 0.6 is 27.3 Å². The molecular formula is C11H11BrN4O2S. The summed E-state index contributed by atoms with van der Waals surface area (Å²) >= 11 is 4.98. The van der Waals surface area contributed by atoms with Gasteiger partial charge in [0.1, 0.15) is 11.6 Å². The number of thiophene rings is 1. The first-order valence-corrected chi connectivity index (χ1v) is 7.07. The van der Waals surface area contributed by atoms with Gasteiger partial charge in [0.05, 0.1) is 23.6 Å². The summed E-state index contributed by atoms with van der Waals surface area (Å²) in [6.45, 7) is 0.577. The van der Waals surface area contributed by atoms with Gasteiger partial charge in [-0.1, -0.05) is 0 Å². The summed E-state index contributed by atoms with van der Waals surface area (Å²) in [6.07, 6.45) is 0. The first-order chi connectivity index (χ1) is 9.08. The van der Waals surface area contributed by atoms with Crippen molar-refractivity contribution in [1.29, 1.82) is 0 Å². The lowest BCUT2D eigenvalue weighted by Gasteiger charge is -2.06. The van der Waals surface area contributed by atoms with Crippen molar-refractivity contribution in [3.05, 3.63) is 43.0 Å². The minimum atomic E-state index is -0.435. The average Bonchev–Trinajstić information content (AvgIpc) is 2.81. The molecule has 19 heavy (non-hydrogen) atoms. The van der Waals surface area contributed by atoms with E-state index in [4.69, 9.17) is 0 Å². The molecule has 0 aromatic carbocycles. The average molecular weight is 343 g/mol. The smallest absolute Gasteiger partial charge is 0.276 e. The van der Waals surface area contributed by atoms with Crippen molar-refractivity contribution < 1.29 is 4.92 Å². The second-order valence-electron chi connectivity index (χ2n) is 3.69. The van der Waals surface area contributed by atoms with Crippen LogP contribution in [0.2, 0.25) is 0 Å². The van der Waals surface area contributed by atoms with Crippen molar-refractivity contribution >= 4 is 44.6 Å². The van der Waals surface area contributed by atoms with Crippen LogP contribution in [0.3, 0.4) is 0 Å². The van der Waals surface area contributed by atoms with Gasteiger partial charge in [-0.15, -0.1) is 11.3 Å². The Morgan fingerprint density at radius 3 is 2.74 bits per heavy atom. The summed E-state index contributed by atoms with van der Waals surface area (Å²) in [6, 6.07) is 4.81. The highest BCUT2D eigenvalue weighted by Crippen LogP contribution is 2.23. The van der Waals surface area contributed by atoms with Crippen LogP contribution in [0.5, 0.6) is 0 Å². The van der Waals surface area contributed by atoms with Crippen molar-refractivity contribution in [2.45, 2.75) is 6.54 Å². The van der Waals surface area contributed by atoms with Crippen molar-refractivity contribution in [1.82, 2.24) is 4.98 Å². The normalized spacial score (nSPS) is 10.2. The number of aromatic nitrogens is 1. The predicted molar refractivity (Wildman–Crippen MR) is 79.8 cm³/mol. The Balaban J connectivity index is 2.15. The molecule has 8 heteroatoms. The van der Waals surface area contributed by atoms with Crippen LogP contribution in [-0.4, -0.2) is 17.0 Å². The van der Waals surface area contributed by atoms with Gasteiger partial charge in [-0.05, 0) is 22.0 Å². The molecule has 0 aliphatic carbocycles. The Hall–Kier alpha value is -1.67. The second kappa shape index (κ2) is 5.98. The van der Waals surface area contributed by atoms with Gasteiger partial charge in [0, 0.05) is 21.8 Å². The van der Waals surface area contributed by atoms with Crippen molar-refractivity contribution in [3.63, 3.8) is 0 Å². The molecule has 0 unspecified atom stereocenters. The highest BCUT2D eigenvalue weighted by Gasteiger charge is 2.10. The minimum absolute atomic E-state index is 0.00853. The van der Waals surface area contributed by atoms with Gasteiger partial charge in [0.15, 0.2) is 0 Å². The fourth-order valence-corrected chi connectivity index (χ4v) is 2.86. The van der Waals surface area contributed by atoms with Crippen LogP contribution in [0.4, 0.5) is 17.3 Å². The Bertz CT molecular complexity index is 602. The third-order valence-corrected chi connectivity index (χ3v) is 4.04. The van der Waals surface area contributed by atoms with Gasteiger partial charge in [0.25, 0.3) is 5.69 Å². The van der Waals surface area contributed by atoms with E-state index in [0.717, 1.165) is 9.35 Å². The molecule has 0 radical (unpaired) electrons. The summed E-state index contributed by atoms with van der Waals surface area (Å²) in [5.41, 5.74) is 0.00853. The van der Waals surface area contributed by atoms with E-state index in [2.05, 4.69) is 31.5 Å². The van der Waals surface area contributed by atoms with E-state index in [9.17, 15) is 10.1 Å². The summed E-state index contributed by atoms with van der Waals surface area (Å²) in [5.74, 6) is 0.937. The number of rotatable bonds is 5. The molecule has 0 spiro atoms. The number of nitro groups is 1. The zero-order valence-electron chi connectivity index (χ0n) is 10.0. The third-order valence-electron chi connectivity index (χ3n) is 2.34. The topological polar surface area (TPSA) is 80.1 Å². The molecule has 2 rings (SSSR count). The summed E-state index contributed by atoms with van der Waals surface area (Å²) in [5, 5.41) is 18.7. The molecule has 0 saturated heterocycles. The maximum atomic E-state index is 10.8. The van der Waals surface area contributed by atoms with E-state index in [1.807, 2.05) is 11.4 Å². The SMILES string of the molecule is CNc1cc([N+](=O)[O-])cc(NCc2cc(Br)cs2)n1. The van der Waals surface area contributed by atoms with Crippen molar-refractivity contribution in [2.75, 3.05) is 17.7 Å². The zero-order chi connectivity index (χ0) is 13.8. The van der Waals surface area contributed by atoms with Crippen LogP contribution in [0.25, 0.3) is 0 Å². The van der Waals surface area contributed by atoms with Gasteiger partial charge in [-0.3, -0.25) is 10.1 Å². The molecule has 6 nitrogen and oxygen atoms in total. The highest BCUT2D eigenvalue weighted by molar-refractivity contribution is 9.10. The zero-order valence-corrected chi connectivity index (χ0v) is 12.4. The number of nitrogens with zero attached hydrogens (tertiary/aromatic N) is 2. The maximum absolute atomic E-state index is 10.8. The Morgan fingerprint density at radius 2 is 2.16 bits per heavy atom. The van der Waals surface area contributed by atoms with Crippen LogP contribution in [0, 0.1) is 10.1 Å². The molecule has 2 heterocycles. The monoisotopic (exact) mass is 342 g/mol. The van der Waals surface area contributed by atoms with Crippen LogP contribution in [0.15, 0.2) is 28.1 Å². The number of anilines is 2. The summed E-state index contributed by atoms with van der Waals surface area (Å²) in [7, 11) is 1.67. The molecule has 2 N–H and O–H groups in total. The van der Waals surface area contributed by atoms with Crippen LogP contribution < -0.4 is 10.6 Å². The van der Waals surface area contributed by atoms with Gasteiger partial charge in [0.2, 0.25) is 0 Å². The summed E-state index contributed by atoms with van der Waals surface area (Å²) < 4.78 is 1.03. The van der Waals surface area contributed by atoms with E-state index in [-0.39, 0.29) is 5.69 Å². The molecule has 0 atom stereocenters. The number of hydrogen-bond donors (Lipinski definition) is 2. The first-order valence-electron chi connectivity index (χ1n) is 5.39.